The Hall–Kier alpha value is -4.59. The van der Waals surface area contributed by atoms with Gasteiger partial charge >= 0.3 is 0 Å². The molecule has 2 aromatic heterocycles. The number of aliphatic hydroxyl groups is 1. The van der Waals surface area contributed by atoms with Crippen molar-refractivity contribution in [1.82, 2.24) is 20.2 Å². The van der Waals surface area contributed by atoms with Crippen LogP contribution < -0.4 is 24.8 Å². The van der Waals surface area contributed by atoms with Gasteiger partial charge in [-0.25, -0.2) is 4.98 Å². The first-order valence-electron chi connectivity index (χ1n) is 19.4. The molecular formula is C44H59ClN6O6. The maximum atomic E-state index is 10.2. The van der Waals surface area contributed by atoms with Gasteiger partial charge in [0.2, 0.25) is 11.8 Å². The van der Waals surface area contributed by atoms with E-state index >= 15 is 0 Å². The zero-order valence-electron chi connectivity index (χ0n) is 34.4. The fraction of sp³-hybridized carbons (Fsp3) is 0.455. The summed E-state index contributed by atoms with van der Waals surface area (Å²) >= 11 is 7.12. The average molecular weight is 803 g/mol. The van der Waals surface area contributed by atoms with Crippen LogP contribution in [0.25, 0.3) is 22.4 Å². The van der Waals surface area contributed by atoms with Crippen molar-refractivity contribution >= 4 is 35.6 Å². The molecule has 0 amide bonds. The van der Waals surface area contributed by atoms with Gasteiger partial charge in [-0.3, -0.25) is 4.90 Å². The summed E-state index contributed by atoms with van der Waals surface area (Å²) in [7, 11) is 9.88. The van der Waals surface area contributed by atoms with E-state index in [0.717, 1.165) is 85.7 Å². The molecule has 308 valence electrons. The first-order valence-corrected chi connectivity index (χ1v) is 19.8. The van der Waals surface area contributed by atoms with Gasteiger partial charge in [0, 0.05) is 85.6 Å². The van der Waals surface area contributed by atoms with Crippen molar-refractivity contribution in [3.8, 4) is 39.9 Å². The van der Waals surface area contributed by atoms with E-state index < -0.39 is 0 Å². The summed E-state index contributed by atoms with van der Waals surface area (Å²) in [5, 5.41) is 22.5. The first kappa shape index (κ1) is 45.1. The fourth-order valence-electron chi connectivity index (χ4n) is 7.37. The Morgan fingerprint density at radius 3 is 2.18 bits per heavy atom. The number of benzene rings is 2. The van der Waals surface area contributed by atoms with Crippen LogP contribution in [0, 0.1) is 18.3 Å². The monoisotopic (exact) mass is 802 g/mol. The number of carbonyl (C=O) groups is 1. The normalized spacial score (nSPS) is 14.4. The van der Waals surface area contributed by atoms with Gasteiger partial charge in [0.15, 0.2) is 0 Å². The van der Waals surface area contributed by atoms with Gasteiger partial charge in [-0.1, -0.05) is 61.2 Å². The van der Waals surface area contributed by atoms with E-state index in [1.165, 1.54) is 25.5 Å². The number of aryl methyl sites for hydroxylation is 1. The van der Waals surface area contributed by atoms with Crippen molar-refractivity contribution in [2.75, 3.05) is 61.1 Å². The summed E-state index contributed by atoms with van der Waals surface area (Å²) in [6.07, 6.45) is 10.6. The van der Waals surface area contributed by atoms with Crippen molar-refractivity contribution in [3.63, 3.8) is 0 Å². The van der Waals surface area contributed by atoms with E-state index in [0.29, 0.717) is 70.3 Å². The van der Waals surface area contributed by atoms with Gasteiger partial charge in [0.1, 0.15) is 17.9 Å². The van der Waals surface area contributed by atoms with E-state index in [-0.39, 0.29) is 0 Å². The highest BCUT2D eigenvalue weighted by Gasteiger charge is 2.24. The predicted molar refractivity (Wildman–Crippen MR) is 229 cm³/mol. The minimum absolute atomic E-state index is 0.406. The minimum atomic E-state index is 0.406. The standard InChI is InChI=1S/C36H43ClN6O4.C7H12O.CH4O/c1-22-17-31(41-35(45-5)28(22)20-39-2)26-11-7-10-25(34(26)37)24-9-8-12-30(27(24)19-38)40-33-18-32(44-4)29(36(42-33)46-6)21-43(3)23-13-15-47-16-14-23;8-6-7-4-2-1-3-5-7;1-2/h7-12,17-19,23,38-39H,13-16,20-21H2,1-6H3,(H,40,42);6-7H,1-5H2;2H,1H3. The molecule has 0 spiro atoms. The number of halogens is 1. The van der Waals surface area contributed by atoms with Gasteiger partial charge in [-0.05, 0) is 70.0 Å². The van der Waals surface area contributed by atoms with Crippen LogP contribution in [-0.2, 0) is 22.6 Å². The SMILES string of the molecule is CNCc1c(C)cc(-c2cccc(-c3cccc(Nc4cc(OC)c(CN(C)C5CCOCC5)c(OC)n4)c3C=N)c2Cl)nc1OC.CO.O=CC1CCCCC1. The number of aromatic nitrogens is 2. The lowest BCUT2D eigenvalue weighted by Gasteiger charge is -2.31. The van der Waals surface area contributed by atoms with E-state index in [2.05, 4.69) is 22.6 Å². The summed E-state index contributed by atoms with van der Waals surface area (Å²) < 4.78 is 22.8. The number of carbonyl (C=O) groups excluding carboxylic acids is 1. The van der Waals surface area contributed by atoms with Gasteiger partial charge in [0.05, 0.1) is 37.6 Å². The molecule has 12 nitrogen and oxygen atoms in total. The molecule has 4 N–H and O–H groups in total. The Morgan fingerprint density at radius 2 is 1.56 bits per heavy atom. The number of rotatable bonds is 14. The van der Waals surface area contributed by atoms with Gasteiger partial charge in [-0.15, -0.1) is 0 Å². The quantitative estimate of drug-likeness (QED) is 0.0721. The number of nitrogens with zero attached hydrogens (tertiary/aromatic N) is 3. The summed E-state index contributed by atoms with van der Waals surface area (Å²) in [6.45, 7) is 4.84. The third-order valence-electron chi connectivity index (χ3n) is 10.5. The number of aldehydes is 1. The highest BCUT2D eigenvalue weighted by atomic mass is 35.5. The number of ether oxygens (including phenoxy) is 4. The van der Waals surface area contributed by atoms with Crippen LogP contribution in [0.15, 0.2) is 48.5 Å². The molecule has 2 aliphatic rings. The number of aliphatic hydroxyl groups excluding tert-OH is 1. The Morgan fingerprint density at radius 1 is 0.912 bits per heavy atom. The third kappa shape index (κ3) is 11.5. The molecule has 0 unspecified atom stereocenters. The van der Waals surface area contributed by atoms with Gasteiger partial charge < -0.3 is 44.9 Å². The highest BCUT2D eigenvalue weighted by molar-refractivity contribution is 6.36. The maximum absolute atomic E-state index is 10.2. The van der Waals surface area contributed by atoms with Crippen molar-refractivity contribution in [2.45, 2.75) is 71.0 Å². The number of methoxy groups -OCH3 is 3. The minimum Gasteiger partial charge on any atom is -0.496 e. The first-order chi connectivity index (χ1) is 27.8. The molecule has 13 heteroatoms. The largest absolute Gasteiger partial charge is 0.496 e. The number of hydrogen-bond acceptors (Lipinski definition) is 12. The molecule has 4 aromatic rings. The van der Waals surface area contributed by atoms with Gasteiger partial charge in [-0.2, -0.15) is 4.98 Å². The van der Waals surface area contributed by atoms with E-state index in [1.54, 1.807) is 21.3 Å². The molecule has 1 saturated heterocycles. The average Bonchev–Trinajstić information content (AvgIpc) is 3.26. The van der Waals surface area contributed by atoms with Crippen LogP contribution in [0.4, 0.5) is 11.5 Å². The molecule has 2 aromatic carbocycles. The van der Waals surface area contributed by atoms with E-state index in [4.69, 9.17) is 51.0 Å². The lowest BCUT2D eigenvalue weighted by molar-refractivity contribution is -0.111. The third-order valence-corrected chi connectivity index (χ3v) is 10.9. The summed E-state index contributed by atoms with van der Waals surface area (Å²) in [6, 6.07) is 15.9. The van der Waals surface area contributed by atoms with Crippen LogP contribution in [0.5, 0.6) is 17.5 Å². The molecule has 6 rings (SSSR count). The number of hydrogen-bond donors (Lipinski definition) is 4. The lowest BCUT2D eigenvalue weighted by Crippen LogP contribution is -2.36. The maximum Gasteiger partial charge on any atom is 0.223 e. The second kappa shape index (κ2) is 23.0. The smallest absolute Gasteiger partial charge is 0.223 e. The van der Waals surface area contributed by atoms with Crippen molar-refractivity contribution in [2.24, 2.45) is 5.92 Å². The number of nitrogens with one attached hydrogen (secondary N) is 3. The van der Waals surface area contributed by atoms with E-state index in [1.807, 2.05) is 62.5 Å². The van der Waals surface area contributed by atoms with Crippen LogP contribution >= 0.6 is 11.6 Å². The topological polar surface area (TPSA) is 151 Å². The molecule has 0 bridgehead atoms. The molecule has 1 saturated carbocycles. The number of pyridine rings is 2. The second-order valence-corrected chi connectivity index (χ2v) is 14.4. The van der Waals surface area contributed by atoms with Gasteiger partial charge in [0.25, 0.3) is 0 Å². The summed E-state index contributed by atoms with van der Waals surface area (Å²) in [4.78, 5) is 22.1. The van der Waals surface area contributed by atoms with Crippen LogP contribution in [0.2, 0.25) is 5.02 Å². The van der Waals surface area contributed by atoms with Crippen LogP contribution in [0.3, 0.4) is 0 Å². The Labute approximate surface area is 342 Å². The fourth-order valence-corrected chi connectivity index (χ4v) is 7.69. The lowest BCUT2D eigenvalue weighted by atomic mass is 9.91. The Balaban J connectivity index is 0.000000634. The molecule has 1 aliphatic heterocycles. The molecule has 57 heavy (non-hydrogen) atoms. The zero-order valence-corrected chi connectivity index (χ0v) is 35.2. The molecule has 0 atom stereocenters. The Bertz CT molecular complexity index is 1890. The summed E-state index contributed by atoms with van der Waals surface area (Å²) in [5.41, 5.74) is 7.32. The van der Waals surface area contributed by atoms with E-state index in [9.17, 15) is 4.79 Å². The highest BCUT2D eigenvalue weighted by Crippen LogP contribution is 2.41. The van der Waals surface area contributed by atoms with Crippen molar-refractivity contribution < 1.29 is 28.8 Å². The molecule has 1 aliphatic carbocycles. The predicted octanol–water partition coefficient (Wildman–Crippen LogP) is 8.24. The molecule has 2 fully saturated rings. The second-order valence-electron chi connectivity index (χ2n) is 14.0. The zero-order chi connectivity index (χ0) is 41.3. The van der Waals surface area contributed by atoms with Crippen molar-refractivity contribution in [1.29, 1.82) is 5.41 Å². The Kier molecular flexibility index (Phi) is 18.2. The number of anilines is 2. The molecular weight excluding hydrogens is 744 g/mol. The van der Waals surface area contributed by atoms with Crippen LogP contribution in [0.1, 0.15) is 67.2 Å². The van der Waals surface area contributed by atoms with Crippen LogP contribution in [-0.4, -0.2) is 94.3 Å². The molecule has 0 radical (unpaired) electrons. The molecule has 3 heterocycles. The summed E-state index contributed by atoms with van der Waals surface area (Å²) in [5.74, 6) is 2.64. The van der Waals surface area contributed by atoms with Crippen molar-refractivity contribution in [3.05, 3.63) is 75.8 Å².